The zero-order valence-corrected chi connectivity index (χ0v) is 17.8. The Labute approximate surface area is 190 Å². The van der Waals surface area contributed by atoms with Gasteiger partial charge in [-0.15, -0.1) is 0 Å². The normalized spacial score (nSPS) is 13.4. The van der Waals surface area contributed by atoms with Crippen LogP contribution in [0.15, 0.2) is 85.3 Å². The van der Waals surface area contributed by atoms with Crippen molar-refractivity contribution in [3.8, 4) is 5.75 Å². The first-order valence-electron chi connectivity index (χ1n) is 10.7. The van der Waals surface area contributed by atoms with Gasteiger partial charge in [0.2, 0.25) is 0 Å². The molecule has 4 aromatic rings. The number of pyridine rings is 1. The zero-order chi connectivity index (χ0) is 22.6. The van der Waals surface area contributed by atoms with Gasteiger partial charge in [0.05, 0.1) is 13.1 Å². The minimum absolute atomic E-state index is 0.0192. The van der Waals surface area contributed by atoms with E-state index in [0.29, 0.717) is 36.6 Å². The van der Waals surface area contributed by atoms with Gasteiger partial charge in [0.1, 0.15) is 17.5 Å². The summed E-state index contributed by atoms with van der Waals surface area (Å²) in [6, 6.07) is 20.0. The second-order valence-electron chi connectivity index (χ2n) is 7.88. The van der Waals surface area contributed by atoms with Crippen molar-refractivity contribution in [2.45, 2.75) is 12.6 Å². The average Bonchev–Trinajstić information content (AvgIpc) is 3.29. The monoisotopic (exact) mass is 441 g/mol. The number of carbonyl (C=O) groups excluding carboxylic acids is 2. The lowest BCUT2D eigenvalue weighted by Crippen LogP contribution is -2.56. The van der Waals surface area contributed by atoms with E-state index in [4.69, 9.17) is 4.74 Å². The number of fused-ring (bicyclic) bond motifs is 1. The molecule has 0 aliphatic carbocycles. The topological polar surface area (TPSA) is 88.0 Å². The molecule has 8 nitrogen and oxygen atoms in total. The van der Waals surface area contributed by atoms with Crippen LogP contribution in [-0.2, 0) is 6.54 Å². The summed E-state index contributed by atoms with van der Waals surface area (Å²) in [5.74, 6) is 0.719. The summed E-state index contributed by atoms with van der Waals surface area (Å²) < 4.78 is 7.84. The number of hydrogen-bond acceptors (Lipinski definition) is 4. The van der Waals surface area contributed by atoms with Gasteiger partial charge in [-0.2, -0.15) is 0 Å². The maximum atomic E-state index is 12.4. The lowest BCUT2D eigenvalue weighted by molar-refractivity contribution is 0.0178. The van der Waals surface area contributed by atoms with E-state index in [0.717, 1.165) is 11.2 Å². The maximum absolute atomic E-state index is 12.4. The number of hydrogen-bond donors (Lipinski definition) is 2. The molecule has 166 valence electrons. The summed E-state index contributed by atoms with van der Waals surface area (Å²) in [5.41, 5.74) is 3.15. The molecule has 2 aromatic heterocycles. The first kappa shape index (κ1) is 20.6. The van der Waals surface area contributed by atoms with Crippen LogP contribution in [0.1, 0.15) is 15.9 Å². The maximum Gasteiger partial charge on any atom is 0.319 e. The molecule has 0 saturated carbocycles. The highest BCUT2D eigenvalue weighted by molar-refractivity contribution is 5.94. The molecular formula is C25H23N5O3. The number of imidazole rings is 1. The Balaban J connectivity index is 1.07. The molecule has 33 heavy (non-hydrogen) atoms. The van der Waals surface area contributed by atoms with Gasteiger partial charge < -0.3 is 24.7 Å². The molecule has 1 saturated heterocycles. The molecule has 3 heterocycles. The number of nitrogens with one attached hydrogen (secondary N) is 2. The predicted octanol–water partition coefficient (Wildman–Crippen LogP) is 3.56. The van der Waals surface area contributed by atoms with E-state index < -0.39 is 0 Å². The van der Waals surface area contributed by atoms with Gasteiger partial charge in [0.25, 0.3) is 5.91 Å². The molecule has 5 rings (SSSR count). The van der Waals surface area contributed by atoms with Gasteiger partial charge in [-0.1, -0.05) is 18.2 Å². The van der Waals surface area contributed by atoms with Gasteiger partial charge in [-0.25, -0.2) is 9.78 Å². The highest BCUT2D eigenvalue weighted by Gasteiger charge is 2.32. The molecule has 2 aromatic carbocycles. The minimum Gasteiger partial charge on any atom is -0.487 e. The van der Waals surface area contributed by atoms with Crippen LogP contribution in [0.5, 0.6) is 5.75 Å². The van der Waals surface area contributed by atoms with Crippen molar-refractivity contribution in [3.63, 3.8) is 0 Å². The molecule has 2 N–H and O–H groups in total. The Morgan fingerprint density at radius 1 is 1.00 bits per heavy atom. The number of anilines is 1. The third kappa shape index (κ3) is 4.79. The van der Waals surface area contributed by atoms with Crippen LogP contribution in [0.2, 0.25) is 0 Å². The second kappa shape index (κ2) is 9.04. The van der Waals surface area contributed by atoms with Gasteiger partial charge in [0, 0.05) is 36.4 Å². The van der Waals surface area contributed by atoms with Crippen molar-refractivity contribution in [1.82, 2.24) is 19.6 Å². The van der Waals surface area contributed by atoms with Gasteiger partial charge in [0.15, 0.2) is 0 Å². The summed E-state index contributed by atoms with van der Waals surface area (Å²) in [7, 11) is 0. The summed E-state index contributed by atoms with van der Waals surface area (Å²) >= 11 is 0. The van der Waals surface area contributed by atoms with Crippen molar-refractivity contribution in [2.75, 3.05) is 18.4 Å². The number of aromatic nitrogens is 2. The standard InChI is InChI=1S/C25H23N5O3/c31-24(19-4-2-1-3-5-19)30-16-22(17-30)33-21-8-6-20(7-9-21)28-25(32)27-15-18-10-12-29-13-11-26-23(29)14-18/h1-14,22H,15-17H2,(H2,27,28,32). The highest BCUT2D eigenvalue weighted by Crippen LogP contribution is 2.22. The number of likely N-dealkylation sites (tertiary alicyclic amines) is 1. The lowest BCUT2D eigenvalue weighted by atomic mass is 10.1. The van der Waals surface area contributed by atoms with E-state index in [1.807, 2.05) is 71.4 Å². The number of carbonyl (C=O) groups is 2. The Morgan fingerprint density at radius 3 is 2.58 bits per heavy atom. The van der Waals surface area contributed by atoms with Crippen LogP contribution in [0.25, 0.3) is 5.65 Å². The molecule has 3 amide bonds. The summed E-state index contributed by atoms with van der Waals surface area (Å²) in [5, 5.41) is 5.66. The third-order valence-corrected chi connectivity index (χ3v) is 5.49. The second-order valence-corrected chi connectivity index (χ2v) is 7.88. The smallest absolute Gasteiger partial charge is 0.319 e. The van der Waals surface area contributed by atoms with Crippen molar-refractivity contribution in [3.05, 3.63) is 96.4 Å². The van der Waals surface area contributed by atoms with Crippen molar-refractivity contribution < 1.29 is 14.3 Å². The molecule has 8 heteroatoms. The van der Waals surface area contributed by atoms with Gasteiger partial charge >= 0.3 is 6.03 Å². The summed E-state index contributed by atoms with van der Waals surface area (Å²) in [6.07, 6.45) is 5.48. The van der Waals surface area contributed by atoms with Crippen LogP contribution < -0.4 is 15.4 Å². The zero-order valence-electron chi connectivity index (χ0n) is 17.8. The Bertz CT molecular complexity index is 1260. The predicted molar refractivity (Wildman–Crippen MR) is 124 cm³/mol. The Kier molecular flexibility index (Phi) is 5.63. The van der Waals surface area contributed by atoms with E-state index >= 15 is 0 Å². The summed E-state index contributed by atoms with van der Waals surface area (Å²) in [4.78, 5) is 30.6. The number of amides is 3. The van der Waals surface area contributed by atoms with E-state index in [1.165, 1.54) is 0 Å². The lowest BCUT2D eigenvalue weighted by Gasteiger charge is -2.39. The summed E-state index contributed by atoms with van der Waals surface area (Å²) in [6.45, 7) is 1.51. The SMILES string of the molecule is O=C(NCc1ccn2ccnc2c1)Nc1ccc(OC2CN(C(=O)c3ccccc3)C2)cc1. The largest absolute Gasteiger partial charge is 0.487 e. The molecule has 0 spiro atoms. The fraction of sp³-hybridized carbons (Fsp3) is 0.160. The van der Waals surface area contributed by atoms with Crippen molar-refractivity contribution in [2.24, 2.45) is 0 Å². The molecule has 1 aliphatic rings. The highest BCUT2D eigenvalue weighted by atomic mass is 16.5. The number of benzene rings is 2. The molecule has 0 radical (unpaired) electrons. The Morgan fingerprint density at radius 2 is 1.79 bits per heavy atom. The molecule has 1 fully saturated rings. The minimum atomic E-state index is -0.291. The first-order valence-corrected chi connectivity index (χ1v) is 10.7. The van der Waals surface area contributed by atoms with Crippen LogP contribution in [0.4, 0.5) is 10.5 Å². The van der Waals surface area contributed by atoms with E-state index in [1.54, 1.807) is 23.2 Å². The van der Waals surface area contributed by atoms with Crippen LogP contribution in [0.3, 0.4) is 0 Å². The third-order valence-electron chi connectivity index (χ3n) is 5.49. The van der Waals surface area contributed by atoms with E-state index in [-0.39, 0.29) is 18.0 Å². The Hall–Kier alpha value is -4.33. The van der Waals surface area contributed by atoms with Crippen LogP contribution in [-0.4, -0.2) is 45.4 Å². The first-order chi connectivity index (χ1) is 16.1. The van der Waals surface area contributed by atoms with Crippen molar-refractivity contribution in [1.29, 1.82) is 0 Å². The van der Waals surface area contributed by atoms with E-state index in [9.17, 15) is 9.59 Å². The number of rotatable bonds is 6. The number of urea groups is 1. The number of ether oxygens (including phenoxy) is 1. The van der Waals surface area contributed by atoms with Crippen molar-refractivity contribution >= 4 is 23.3 Å². The molecular weight excluding hydrogens is 418 g/mol. The molecule has 1 aliphatic heterocycles. The fourth-order valence-electron chi connectivity index (χ4n) is 3.67. The van der Waals surface area contributed by atoms with Gasteiger partial charge in [-0.05, 0) is 54.1 Å². The fourth-order valence-corrected chi connectivity index (χ4v) is 3.67. The van der Waals surface area contributed by atoms with Crippen LogP contribution in [0, 0.1) is 0 Å². The molecule has 0 bridgehead atoms. The number of nitrogens with zero attached hydrogens (tertiary/aromatic N) is 3. The van der Waals surface area contributed by atoms with E-state index in [2.05, 4.69) is 15.6 Å². The van der Waals surface area contributed by atoms with Gasteiger partial charge in [-0.3, -0.25) is 4.79 Å². The molecule has 0 atom stereocenters. The quantitative estimate of drug-likeness (QED) is 0.479. The van der Waals surface area contributed by atoms with Crippen LogP contribution >= 0.6 is 0 Å². The average molecular weight is 441 g/mol. The molecule has 0 unspecified atom stereocenters.